The minimum atomic E-state index is -1.13. The third-order valence-electron chi connectivity index (χ3n) is 11.5. The van der Waals surface area contributed by atoms with Gasteiger partial charge < -0.3 is 20.6 Å². The Morgan fingerprint density at radius 1 is 0.404 bits per heavy atom. The fourth-order valence-corrected chi connectivity index (χ4v) is 7.75. The molecule has 0 bridgehead atoms. The summed E-state index contributed by atoms with van der Waals surface area (Å²) >= 11 is 0. The normalized spacial score (nSPS) is 13.4. The van der Waals surface area contributed by atoms with Crippen molar-refractivity contribution in [3.8, 4) is 0 Å². The Labute approximate surface area is 326 Å². The number of carbonyl (C=O) groups is 1. The van der Waals surface area contributed by atoms with Gasteiger partial charge >= 0.3 is 0 Å². The molecule has 0 spiro atoms. The first-order chi connectivity index (χ1) is 25.6. The molecule has 0 aromatic carbocycles. The predicted octanol–water partition coefficient (Wildman–Crippen LogP) is 13.8. The van der Waals surface area contributed by atoms with Crippen molar-refractivity contribution < 1.29 is 20.1 Å². The van der Waals surface area contributed by atoms with Crippen LogP contribution in [0.1, 0.15) is 271 Å². The van der Waals surface area contributed by atoms with Gasteiger partial charge in [0.25, 0.3) is 0 Å². The van der Waals surface area contributed by atoms with E-state index < -0.39 is 18.2 Å². The lowest BCUT2D eigenvalue weighted by Crippen LogP contribution is -2.50. The van der Waals surface area contributed by atoms with E-state index in [4.69, 9.17) is 0 Å². The molecule has 0 saturated heterocycles. The third-order valence-corrected chi connectivity index (χ3v) is 11.5. The van der Waals surface area contributed by atoms with Crippen LogP contribution in [0, 0.1) is 0 Å². The maximum atomic E-state index is 12.4. The summed E-state index contributed by atoms with van der Waals surface area (Å²) in [6, 6.07) is -0.801. The van der Waals surface area contributed by atoms with E-state index in [1.54, 1.807) is 0 Å². The summed E-state index contributed by atoms with van der Waals surface area (Å²) in [5, 5.41) is 33.3. The zero-order chi connectivity index (χ0) is 38.0. The number of hydrogen-bond donors (Lipinski definition) is 4. The van der Waals surface area contributed by atoms with Gasteiger partial charge in [0.05, 0.1) is 18.8 Å². The molecule has 0 heterocycles. The maximum absolute atomic E-state index is 12.4. The van der Waals surface area contributed by atoms with Crippen LogP contribution in [0.25, 0.3) is 0 Å². The lowest BCUT2D eigenvalue weighted by atomic mass is 9.99. The molecule has 0 aromatic rings. The highest BCUT2D eigenvalue weighted by atomic mass is 16.3. The Morgan fingerprint density at radius 2 is 0.654 bits per heavy atom. The van der Waals surface area contributed by atoms with Crippen LogP contribution in [-0.4, -0.2) is 46.1 Å². The molecule has 4 N–H and O–H groups in total. The van der Waals surface area contributed by atoms with E-state index in [0.717, 1.165) is 38.5 Å². The number of nitrogens with one attached hydrogen (secondary N) is 1. The molecule has 52 heavy (non-hydrogen) atoms. The second-order valence-electron chi connectivity index (χ2n) is 16.7. The summed E-state index contributed by atoms with van der Waals surface area (Å²) in [4.78, 5) is 12.4. The quantitative estimate of drug-likeness (QED) is 0.0469. The molecule has 0 aliphatic heterocycles. The summed E-state index contributed by atoms with van der Waals surface area (Å²) in [6.45, 7) is 4.16. The van der Waals surface area contributed by atoms with E-state index in [1.807, 2.05) is 0 Å². The van der Waals surface area contributed by atoms with E-state index in [1.165, 1.54) is 205 Å². The second kappa shape index (κ2) is 43.1. The molecule has 5 heteroatoms. The van der Waals surface area contributed by atoms with Crippen molar-refractivity contribution in [2.45, 2.75) is 289 Å². The van der Waals surface area contributed by atoms with E-state index >= 15 is 0 Å². The summed E-state index contributed by atoms with van der Waals surface area (Å²) in [7, 11) is 0. The highest BCUT2D eigenvalue weighted by Gasteiger charge is 2.26. The number of rotatable bonds is 44. The van der Waals surface area contributed by atoms with Crippen LogP contribution in [-0.2, 0) is 4.79 Å². The van der Waals surface area contributed by atoms with Gasteiger partial charge in [-0.2, -0.15) is 0 Å². The average Bonchev–Trinajstić information content (AvgIpc) is 3.15. The fourth-order valence-electron chi connectivity index (χ4n) is 7.75. The van der Waals surface area contributed by atoms with Crippen LogP contribution >= 0.6 is 0 Å². The molecule has 0 aliphatic carbocycles. The number of aliphatic hydroxyl groups is 3. The summed E-state index contributed by atoms with van der Waals surface area (Å²) in [5.41, 5.74) is 0. The number of carbonyl (C=O) groups excluding carboxylic acids is 1. The number of hydrogen-bond acceptors (Lipinski definition) is 4. The third kappa shape index (κ3) is 37.7. The van der Waals surface area contributed by atoms with Crippen LogP contribution in [0.15, 0.2) is 0 Å². The van der Waals surface area contributed by atoms with Crippen LogP contribution in [0.2, 0.25) is 0 Å². The first kappa shape index (κ1) is 51.4. The molecule has 5 nitrogen and oxygen atoms in total. The van der Waals surface area contributed by atoms with Gasteiger partial charge in [-0.25, -0.2) is 0 Å². The molecule has 0 rings (SSSR count). The van der Waals surface area contributed by atoms with Gasteiger partial charge in [-0.1, -0.05) is 251 Å². The summed E-state index contributed by atoms with van der Waals surface area (Å²) < 4.78 is 0. The molecule has 0 fully saturated rings. The van der Waals surface area contributed by atoms with E-state index in [9.17, 15) is 20.1 Å². The van der Waals surface area contributed by atoms with Crippen LogP contribution in [0.5, 0.6) is 0 Å². The number of amides is 1. The Bertz CT molecular complexity index is 688. The Kier molecular flexibility index (Phi) is 42.5. The minimum absolute atomic E-state index is 0.141. The summed E-state index contributed by atoms with van der Waals surface area (Å²) in [6.07, 6.45) is 49.7. The van der Waals surface area contributed by atoms with Gasteiger partial charge in [0.15, 0.2) is 0 Å². The minimum Gasteiger partial charge on any atom is -0.394 e. The van der Waals surface area contributed by atoms with Crippen molar-refractivity contribution in [1.29, 1.82) is 0 Å². The SMILES string of the molecule is CCCCCCCCCCCCCCCCCCCCCCCCCCCCCCCCC(=O)NC(CO)C(O)C(O)CCCCCCCCCC. The van der Waals surface area contributed by atoms with Crippen molar-refractivity contribution in [1.82, 2.24) is 5.32 Å². The lowest BCUT2D eigenvalue weighted by molar-refractivity contribution is -0.124. The molecule has 1 amide bonds. The lowest BCUT2D eigenvalue weighted by Gasteiger charge is -2.26. The van der Waals surface area contributed by atoms with Crippen molar-refractivity contribution in [2.75, 3.05) is 6.61 Å². The fraction of sp³-hybridized carbons (Fsp3) is 0.979. The Morgan fingerprint density at radius 3 is 0.923 bits per heavy atom. The van der Waals surface area contributed by atoms with E-state index in [0.29, 0.717) is 12.8 Å². The van der Waals surface area contributed by atoms with Gasteiger partial charge in [0, 0.05) is 6.42 Å². The monoisotopic (exact) mass is 738 g/mol. The molecule has 0 radical (unpaired) electrons. The van der Waals surface area contributed by atoms with Crippen molar-refractivity contribution in [3.63, 3.8) is 0 Å². The maximum Gasteiger partial charge on any atom is 0.220 e. The summed E-state index contributed by atoms with van der Waals surface area (Å²) in [5.74, 6) is -0.141. The number of aliphatic hydroxyl groups excluding tert-OH is 3. The van der Waals surface area contributed by atoms with Gasteiger partial charge in [-0.3, -0.25) is 4.79 Å². The first-order valence-corrected chi connectivity index (χ1v) is 23.8. The molecule has 3 unspecified atom stereocenters. The van der Waals surface area contributed by atoms with Gasteiger partial charge in [0.1, 0.15) is 6.10 Å². The van der Waals surface area contributed by atoms with Gasteiger partial charge in [-0.15, -0.1) is 0 Å². The van der Waals surface area contributed by atoms with Crippen molar-refractivity contribution in [3.05, 3.63) is 0 Å². The molecule has 0 aliphatic rings. The Balaban J connectivity index is 3.41. The molecule has 0 saturated carbocycles. The zero-order valence-electron chi connectivity index (χ0n) is 35.5. The van der Waals surface area contributed by atoms with Crippen LogP contribution in [0.4, 0.5) is 0 Å². The standard InChI is InChI=1S/C47H95NO4/c1-3-5-7-9-11-13-14-15-16-17-18-19-20-21-22-23-24-25-26-27-28-29-30-31-32-33-34-36-38-40-42-46(51)48-44(43-49)47(52)45(50)41-39-37-35-12-10-8-6-4-2/h44-45,47,49-50,52H,3-43H2,1-2H3,(H,48,51). The van der Waals surface area contributed by atoms with E-state index in [-0.39, 0.29) is 12.5 Å². The first-order valence-electron chi connectivity index (χ1n) is 23.8. The predicted molar refractivity (Wildman–Crippen MR) is 227 cm³/mol. The van der Waals surface area contributed by atoms with E-state index in [2.05, 4.69) is 19.2 Å². The largest absolute Gasteiger partial charge is 0.394 e. The van der Waals surface area contributed by atoms with Crippen molar-refractivity contribution >= 4 is 5.91 Å². The molecule has 0 aromatic heterocycles. The smallest absolute Gasteiger partial charge is 0.220 e. The molecule has 3 atom stereocenters. The average molecular weight is 738 g/mol. The highest BCUT2D eigenvalue weighted by molar-refractivity contribution is 5.76. The van der Waals surface area contributed by atoms with Gasteiger partial charge in [0.2, 0.25) is 5.91 Å². The second-order valence-corrected chi connectivity index (χ2v) is 16.7. The topological polar surface area (TPSA) is 89.8 Å². The van der Waals surface area contributed by atoms with Crippen molar-refractivity contribution in [2.24, 2.45) is 0 Å². The highest BCUT2D eigenvalue weighted by Crippen LogP contribution is 2.17. The van der Waals surface area contributed by atoms with Crippen LogP contribution < -0.4 is 5.32 Å². The number of unbranched alkanes of at least 4 members (excludes halogenated alkanes) is 36. The molecule has 312 valence electrons. The van der Waals surface area contributed by atoms with Gasteiger partial charge in [-0.05, 0) is 12.8 Å². The van der Waals surface area contributed by atoms with Crippen LogP contribution in [0.3, 0.4) is 0 Å². The zero-order valence-corrected chi connectivity index (χ0v) is 35.5. The molecular weight excluding hydrogens is 643 g/mol. The Hall–Kier alpha value is -0.650. The molecular formula is C47H95NO4.